The number of aliphatic imine (C=N–C) groups is 1. The second-order valence-corrected chi connectivity index (χ2v) is 6.58. The molecular weight excluding hydrogens is 237 g/mol. The Morgan fingerprint density at radius 2 is 2.50 bits per heavy atom. The van der Waals surface area contributed by atoms with Gasteiger partial charge in [-0.1, -0.05) is 0 Å². The molecule has 0 aromatic carbocycles. The molecular formula is C8H13IN-. The Bertz CT molecular complexity index is 144. The van der Waals surface area contributed by atoms with Crippen LogP contribution in [0.1, 0.15) is 19.3 Å². The van der Waals surface area contributed by atoms with Gasteiger partial charge in [0.25, 0.3) is 0 Å². The SMILES string of the molecule is C1=NCC[I-]C2C[C@@H]2CC1. The summed E-state index contributed by atoms with van der Waals surface area (Å²) in [6.45, 7) is 1.14. The number of rotatable bonds is 0. The number of hydrogen-bond donors (Lipinski definition) is 0. The summed E-state index contributed by atoms with van der Waals surface area (Å²) < 4.78 is 2.65. The third-order valence-electron chi connectivity index (χ3n) is 2.15. The molecule has 0 bridgehead atoms. The van der Waals surface area contributed by atoms with E-state index in [4.69, 9.17) is 0 Å². The van der Waals surface area contributed by atoms with E-state index in [9.17, 15) is 0 Å². The van der Waals surface area contributed by atoms with Crippen molar-refractivity contribution in [3.05, 3.63) is 0 Å². The molecule has 0 aromatic rings. The fraction of sp³-hybridized carbons (Fsp3) is 0.875. The van der Waals surface area contributed by atoms with E-state index in [0.717, 1.165) is 12.5 Å². The van der Waals surface area contributed by atoms with Crippen LogP contribution in [0.5, 0.6) is 0 Å². The van der Waals surface area contributed by atoms with E-state index in [2.05, 4.69) is 11.2 Å². The normalized spacial score (nSPS) is 40.0. The Morgan fingerprint density at radius 3 is 3.50 bits per heavy atom. The van der Waals surface area contributed by atoms with Crippen LogP contribution in [-0.2, 0) is 0 Å². The van der Waals surface area contributed by atoms with Gasteiger partial charge in [-0.3, -0.25) is 0 Å². The van der Waals surface area contributed by atoms with Crippen molar-refractivity contribution in [1.82, 2.24) is 0 Å². The fourth-order valence-electron chi connectivity index (χ4n) is 1.41. The number of alkyl halides is 2. The summed E-state index contributed by atoms with van der Waals surface area (Å²) in [5, 5.41) is 0. The quantitative estimate of drug-likeness (QED) is 0.360. The van der Waals surface area contributed by atoms with Crippen molar-refractivity contribution in [3.63, 3.8) is 0 Å². The molecule has 1 saturated carbocycles. The summed E-state index contributed by atoms with van der Waals surface area (Å²) in [6, 6.07) is 0. The Balaban J connectivity index is 1.85. The molecule has 0 saturated heterocycles. The molecule has 1 nitrogen and oxygen atoms in total. The predicted molar refractivity (Wildman–Crippen MR) is 39.4 cm³/mol. The second-order valence-electron chi connectivity index (χ2n) is 3.02. The zero-order valence-corrected chi connectivity index (χ0v) is 8.25. The molecule has 1 aliphatic carbocycles. The van der Waals surface area contributed by atoms with Gasteiger partial charge in [0.2, 0.25) is 0 Å². The van der Waals surface area contributed by atoms with E-state index in [-0.39, 0.29) is 0 Å². The van der Waals surface area contributed by atoms with Crippen LogP contribution in [0.3, 0.4) is 0 Å². The molecule has 0 amide bonds. The molecule has 1 heterocycles. The number of fused-ring (bicyclic) bond motifs is 1. The standard InChI is InChI=1S/C8H13IN/c1-2-7-6-8(7)9-3-5-10-4-1/h4,7-8H,1-3,5-6H2/q-1/t7-,8?/m0/s1. The molecule has 1 unspecified atom stereocenters. The van der Waals surface area contributed by atoms with E-state index in [1.54, 1.807) is 6.42 Å². The van der Waals surface area contributed by atoms with Crippen LogP contribution in [0, 0.1) is 5.92 Å². The van der Waals surface area contributed by atoms with Crippen molar-refractivity contribution in [3.8, 4) is 0 Å². The molecule has 2 atom stereocenters. The second kappa shape index (κ2) is 3.20. The number of halogens is 1. The minimum atomic E-state index is 0.550. The molecule has 0 spiro atoms. The van der Waals surface area contributed by atoms with Gasteiger partial charge in [0, 0.05) is 0 Å². The third-order valence-corrected chi connectivity index (χ3v) is 5.92. The van der Waals surface area contributed by atoms with E-state index >= 15 is 0 Å². The topological polar surface area (TPSA) is 12.4 Å². The van der Waals surface area contributed by atoms with Gasteiger partial charge in [-0.25, -0.2) is 0 Å². The zero-order chi connectivity index (χ0) is 6.81. The van der Waals surface area contributed by atoms with Crippen molar-refractivity contribution in [1.29, 1.82) is 0 Å². The van der Waals surface area contributed by atoms with Crippen molar-refractivity contribution in [2.45, 2.75) is 23.2 Å². The molecule has 0 aromatic heterocycles. The molecule has 2 rings (SSSR count). The average molecular weight is 250 g/mol. The van der Waals surface area contributed by atoms with Crippen molar-refractivity contribution in [2.75, 3.05) is 11.0 Å². The maximum atomic E-state index is 4.35. The van der Waals surface area contributed by atoms with Gasteiger partial charge >= 0.3 is 72.5 Å². The molecule has 58 valence electrons. The summed E-state index contributed by atoms with van der Waals surface area (Å²) in [5.74, 6) is 1.14. The van der Waals surface area contributed by atoms with Gasteiger partial charge in [-0.15, -0.1) is 0 Å². The summed E-state index contributed by atoms with van der Waals surface area (Å²) in [5.41, 5.74) is 0. The van der Waals surface area contributed by atoms with Gasteiger partial charge in [-0.2, -0.15) is 0 Å². The van der Waals surface area contributed by atoms with E-state index in [1.807, 2.05) is 0 Å². The molecule has 2 aliphatic rings. The van der Waals surface area contributed by atoms with Gasteiger partial charge in [0.05, 0.1) is 0 Å². The van der Waals surface area contributed by atoms with Crippen LogP contribution < -0.4 is 21.2 Å². The summed E-state index contributed by atoms with van der Waals surface area (Å²) in [6.07, 6.45) is 6.41. The van der Waals surface area contributed by atoms with Crippen molar-refractivity contribution < 1.29 is 21.2 Å². The van der Waals surface area contributed by atoms with Crippen LogP contribution in [0.25, 0.3) is 0 Å². The molecule has 1 aliphatic heterocycles. The molecule has 10 heavy (non-hydrogen) atoms. The van der Waals surface area contributed by atoms with Crippen LogP contribution in [0.2, 0.25) is 0 Å². The minimum absolute atomic E-state index is 0.550. The summed E-state index contributed by atoms with van der Waals surface area (Å²) in [4.78, 5) is 4.35. The monoisotopic (exact) mass is 250 g/mol. The summed E-state index contributed by atoms with van der Waals surface area (Å²) >= 11 is 0.550. The van der Waals surface area contributed by atoms with Crippen LogP contribution in [-0.4, -0.2) is 21.1 Å². The van der Waals surface area contributed by atoms with E-state index in [0.29, 0.717) is 21.2 Å². The summed E-state index contributed by atoms with van der Waals surface area (Å²) in [7, 11) is 0. The molecule has 0 N–H and O–H groups in total. The van der Waals surface area contributed by atoms with Crippen molar-refractivity contribution in [2.24, 2.45) is 10.9 Å². The third kappa shape index (κ3) is 1.71. The van der Waals surface area contributed by atoms with Gasteiger partial charge in [-0.05, 0) is 0 Å². The molecule has 1 fully saturated rings. The first-order valence-electron chi connectivity index (χ1n) is 4.03. The Kier molecular flexibility index (Phi) is 2.26. The van der Waals surface area contributed by atoms with Crippen LogP contribution in [0.15, 0.2) is 4.99 Å². The molecule has 0 radical (unpaired) electrons. The zero-order valence-electron chi connectivity index (χ0n) is 6.09. The molecule has 2 heteroatoms. The first-order chi connectivity index (χ1) is 4.97. The first kappa shape index (κ1) is 7.07. The average Bonchev–Trinajstić information content (AvgIpc) is 2.66. The Morgan fingerprint density at radius 1 is 1.50 bits per heavy atom. The van der Waals surface area contributed by atoms with Gasteiger partial charge < -0.3 is 0 Å². The first-order valence-corrected chi connectivity index (χ1v) is 6.80. The number of nitrogens with zero attached hydrogens (tertiary/aromatic N) is 1. The van der Waals surface area contributed by atoms with E-state index in [1.165, 1.54) is 21.2 Å². The maximum absolute atomic E-state index is 4.35. The predicted octanol–water partition coefficient (Wildman–Crippen LogP) is -1.67. The Hall–Kier alpha value is 0.400. The van der Waals surface area contributed by atoms with Gasteiger partial charge in [0.1, 0.15) is 0 Å². The van der Waals surface area contributed by atoms with E-state index < -0.39 is 0 Å². The number of hydrogen-bond acceptors (Lipinski definition) is 1. The van der Waals surface area contributed by atoms with Crippen LogP contribution in [0.4, 0.5) is 0 Å². The van der Waals surface area contributed by atoms with Crippen LogP contribution >= 0.6 is 0 Å². The van der Waals surface area contributed by atoms with Gasteiger partial charge in [0.15, 0.2) is 0 Å². The Labute approximate surface area is 72.6 Å². The van der Waals surface area contributed by atoms with Crippen molar-refractivity contribution >= 4 is 6.21 Å². The fourth-order valence-corrected chi connectivity index (χ4v) is 4.86.